The zero-order valence-corrected chi connectivity index (χ0v) is 18.6. The topological polar surface area (TPSA) is 106 Å². The number of nitrogens with zero attached hydrogens (tertiary/aromatic N) is 1. The van der Waals surface area contributed by atoms with Gasteiger partial charge in [-0.25, -0.2) is 4.79 Å². The number of anilines is 1. The first-order chi connectivity index (χ1) is 16.7. The van der Waals surface area contributed by atoms with Gasteiger partial charge in [-0.05, 0) is 24.3 Å². The molecular weight excluding hydrogens is 471 g/mol. The molecule has 2 heterocycles. The molecule has 2 aliphatic heterocycles. The predicted molar refractivity (Wildman–Crippen MR) is 116 cm³/mol. The molecule has 4 amide bonds. The number of alkyl halides is 3. The third-order valence-corrected chi connectivity index (χ3v) is 5.68. The molecule has 0 aliphatic carbocycles. The highest BCUT2D eigenvalue weighted by Gasteiger charge is 2.55. The Kier molecular flexibility index (Phi) is 6.57. The van der Waals surface area contributed by atoms with Gasteiger partial charge >= 0.3 is 12.2 Å². The molecule has 2 aromatic rings. The maximum atomic E-state index is 13.3. The Morgan fingerprint density at radius 1 is 1.20 bits per heavy atom. The normalized spacial score (nSPS) is 19.3. The highest BCUT2D eigenvalue weighted by Crippen LogP contribution is 2.41. The van der Waals surface area contributed by atoms with E-state index < -0.39 is 41.7 Å². The second kappa shape index (κ2) is 9.45. The number of ether oxygens (including phenoxy) is 3. The monoisotopic (exact) mass is 493 g/mol. The Balaban J connectivity index is 1.54. The summed E-state index contributed by atoms with van der Waals surface area (Å²) in [6.45, 7) is -0.329. The third kappa shape index (κ3) is 4.74. The zero-order chi connectivity index (χ0) is 25.2. The van der Waals surface area contributed by atoms with Gasteiger partial charge in [0.05, 0.1) is 24.5 Å². The van der Waals surface area contributed by atoms with Crippen molar-refractivity contribution in [2.75, 3.05) is 38.8 Å². The van der Waals surface area contributed by atoms with Gasteiger partial charge in [0.15, 0.2) is 5.54 Å². The first-order valence-corrected chi connectivity index (χ1v) is 10.6. The minimum Gasteiger partial charge on any atom is -0.493 e. The smallest absolute Gasteiger partial charge is 0.416 e. The van der Waals surface area contributed by atoms with Crippen LogP contribution >= 0.6 is 0 Å². The van der Waals surface area contributed by atoms with E-state index in [0.29, 0.717) is 11.3 Å². The van der Waals surface area contributed by atoms with E-state index >= 15 is 0 Å². The van der Waals surface area contributed by atoms with Crippen molar-refractivity contribution < 1.29 is 41.8 Å². The van der Waals surface area contributed by atoms with E-state index in [2.05, 4.69) is 10.6 Å². The minimum absolute atomic E-state index is 0.0181. The number of para-hydroxylation sites is 1. The number of amides is 4. The fraction of sp³-hybridized carbons (Fsp3) is 0.348. The summed E-state index contributed by atoms with van der Waals surface area (Å²) in [5, 5.41) is 4.98. The number of methoxy groups -OCH3 is 1. The molecule has 35 heavy (non-hydrogen) atoms. The molecule has 0 bridgehead atoms. The summed E-state index contributed by atoms with van der Waals surface area (Å²) in [6, 6.07) is 8.59. The quantitative estimate of drug-likeness (QED) is 0.454. The van der Waals surface area contributed by atoms with Crippen molar-refractivity contribution in [2.45, 2.75) is 18.1 Å². The molecule has 1 fully saturated rings. The van der Waals surface area contributed by atoms with E-state index in [1.807, 2.05) is 0 Å². The molecule has 1 saturated heterocycles. The molecule has 0 saturated carbocycles. The first kappa shape index (κ1) is 24.3. The number of benzene rings is 2. The van der Waals surface area contributed by atoms with Crippen molar-refractivity contribution in [3.8, 4) is 11.5 Å². The van der Waals surface area contributed by atoms with E-state index in [1.54, 1.807) is 24.3 Å². The van der Waals surface area contributed by atoms with Gasteiger partial charge in [0, 0.05) is 19.1 Å². The molecule has 0 radical (unpaired) electrons. The van der Waals surface area contributed by atoms with E-state index in [1.165, 1.54) is 7.11 Å². The zero-order valence-electron chi connectivity index (χ0n) is 18.6. The van der Waals surface area contributed by atoms with E-state index in [9.17, 15) is 27.6 Å². The van der Waals surface area contributed by atoms with Crippen LogP contribution in [-0.4, -0.2) is 56.2 Å². The maximum Gasteiger partial charge on any atom is 0.416 e. The van der Waals surface area contributed by atoms with Gasteiger partial charge in [-0.2, -0.15) is 13.2 Å². The number of hydrogen-bond donors (Lipinski definition) is 2. The van der Waals surface area contributed by atoms with Crippen LogP contribution in [0.5, 0.6) is 11.5 Å². The third-order valence-electron chi connectivity index (χ3n) is 5.68. The van der Waals surface area contributed by atoms with Crippen LogP contribution in [-0.2, 0) is 26.0 Å². The van der Waals surface area contributed by atoms with E-state index in [0.717, 1.165) is 23.1 Å². The van der Waals surface area contributed by atoms with Crippen LogP contribution in [0, 0.1) is 0 Å². The molecular formula is C23H22F3N3O6. The molecule has 2 aromatic carbocycles. The number of fused-ring (bicyclic) bond motifs is 2. The molecule has 0 aromatic heterocycles. The number of carbonyl (C=O) groups excluding carboxylic acids is 3. The second-order valence-corrected chi connectivity index (χ2v) is 7.92. The largest absolute Gasteiger partial charge is 0.493 e. The maximum absolute atomic E-state index is 13.3. The molecule has 186 valence electrons. The van der Waals surface area contributed by atoms with E-state index in [4.69, 9.17) is 14.2 Å². The number of imide groups is 1. The summed E-state index contributed by atoms with van der Waals surface area (Å²) in [4.78, 5) is 39.4. The minimum atomic E-state index is -4.65. The van der Waals surface area contributed by atoms with Crippen molar-refractivity contribution in [1.29, 1.82) is 0 Å². The molecule has 12 heteroatoms. The molecule has 1 atom stereocenters. The lowest BCUT2D eigenvalue weighted by Gasteiger charge is -2.33. The highest BCUT2D eigenvalue weighted by molar-refractivity contribution is 6.11. The number of hydrogen-bond acceptors (Lipinski definition) is 6. The Morgan fingerprint density at radius 3 is 2.71 bits per heavy atom. The Labute approximate surface area is 198 Å². The summed E-state index contributed by atoms with van der Waals surface area (Å²) < 4.78 is 55.5. The number of carbonyl (C=O) groups is 3. The van der Waals surface area contributed by atoms with Gasteiger partial charge in [-0.1, -0.05) is 18.2 Å². The molecule has 2 aliphatic rings. The Bertz CT molecular complexity index is 1160. The lowest BCUT2D eigenvalue weighted by Crippen LogP contribution is -2.48. The lowest BCUT2D eigenvalue weighted by molar-refractivity contribution is -0.137. The molecule has 0 unspecified atom stereocenters. The van der Waals surface area contributed by atoms with Gasteiger partial charge in [0.1, 0.15) is 24.7 Å². The van der Waals surface area contributed by atoms with Crippen LogP contribution in [0.1, 0.15) is 17.5 Å². The number of nitrogens with one attached hydrogen (secondary N) is 2. The summed E-state index contributed by atoms with van der Waals surface area (Å²) in [5.74, 6) is -1.09. The van der Waals surface area contributed by atoms with Crippen molar-refractivity contribution in [1.82, 2.24) is 10.2 Å². The van der Waals surface area contributed by atoms with Crippen LogP contribution in [0.4, 0.5) is 23.7 Å². The van der Waals surface area contributed by atoms with Gasteiger partial charge in [0.25, 0.3) is 5.91 Å². The summed E-state index contributed by atoms with van der Waals surface area (Å²) in [7, 11) is 1.43. The number of rotatable bonds is 7. The number of urea groups is 1. The lowest BCUT2D eigenvalue weighted by atomic mass is 9.84. The molecule has 4 rings (SSSR count). The molecule has 1 spiro atoms. The molecule has 9 nitrogen and oxygen atoms in total. The van der Waals surface area contributed by atoms with Crippen molar-refractivity contribution in [2.24, 2.45) is 0 Å². The average molecular weight is 493 g/mol. The second-order valence-electron chi connectivity index (χ2n) is 7.92. The standard InChI is InChI=1S/C23H22F3N3O6/c1-33-10-11-35-18-7-6-14(23(24,25)26)12-16(18)27-19(30)13-29-20(31)22(28-21(29)32)8-9-34-17-5-3-2-4-15(17)22/h2-7,12H,8-11,13H2,1H3,(H,27,30)(H,28,32)/t22-/m1/s1. The van der Waals surface area contributed by atoms with Crippen LogP contribution in [0.15, 0.2) is 42.5 Å². The van der Waals surface area contributed by atoms with Gasteiger partial charge in [-0.15, -0.1) is 0 Å². The first-order valence-electron chi connectivity index (χ1n) is 10.6. The van der Waals surface area contributed by atoms with Gasteiger partial charge < -0.3 is 24.8 Å². The van der Waals surface area contributed by atoms with Crippen LogP contribution in [0.25, 0.3) is 0 Å². The Hall–Kier alpha value is -3.80. The van der Waals surface area contributed by atoms with E-state index in [-0.39, 0.29) is 37.7 Å². The van der Waals surface area contributed by atoms with Crippen LogP contribution in [0.3, 0.4) is 0 Å². The van der Waals surface area contributed by atoms with Crippen LogP contribution < -0.4 is 20.1 Å². The fourth-order valence-electron chi connectivity index (χ4n) is 4.01. The van der Waals surface area contributed by atoms with Crippen molar-refractivity contribution in [3.05, 3.63) is 53.6 Å². The molecule has 2 N–H and O–H groups in total. The summed E-state index contributed by atoms with van der Waals surface area (Å²) in [5.41, 5.74) is -2.16. The van der Waals surface area contributed by atoms with Gasteiger partial charge in [-0.3, -0.25) is 14.5 Å². The Morgan fingerprint density at radius 2 is 1.97 bits per heavy atom. The van der Waals surface area contributed by atoms with Crippen molar-refractivity contribution >= 4 is 23.5 Å². The summed E-state index contributed by atoms with van der Waals surface area (Å²) >= 11 is 0. The van der Waals surface area contributed by atoms with Crippen LogP contribution in [0.2, 0.25) is 0 Å². The number of halogens is 3. The van der Waals surface area contributed by atoms with Crippen molar-refractivity contribution in [3.63, 3.8) is 0 Å². The van der Waals surface area contributed by atoms with Gasteiger partial charge in [0.2, 0.25) is 5.91 Å². The average Bonchev–Trinajstić information content (AvgIpc) is 3.04. The highest BCUT2D eigenvalue weighted by atomic mass is 19.4. The SMILES string of the molecule is COCCOc1ccc(C(F)(F)F)cc1NC(=O)CN1C(=O)N[C@@]2(CCOc3ccccc32)C1=O. The fourth-order valence-corrected chi connectivity index (χ4v) is 4.01. The predicted octanol–water partition coefficient (Wildman–Crippen LogP) is 2.90. The summed E-state index contributed by atoms with van der Waals surface area (Å²) in [6.07, 6.45) is -4.49.